The van der Waals surface area contributed by atoms with Crippen molar-refractivity contribution >= 4 is 35.0 Å². The van der Waals surface area contributed by atoms with Crippen LogP contribution in [0.1, 0.15) is 33.9 Å². The number of carbonyl (C=O) groups is 2. The van der Waals surface area contributed by atoms with E-state index in [1.807, 2.05) is 0 Å². The number of esters is 2. The number of carbonyl (C=O) groups excluding carboxylic acids is 2. The minimum Gasteiger partial charge on any atom is -0.505 e. The molecule has 0 aliphatic rings. The Morgan fingerprint density at radius 3 is 2.28 bits per heavy atom. The molecule has 0 fully saturated rings. The second kappa shape index (κ2) is 6.65. The van der Waals surface area contributed by atoms with Crippen LogP contribution in [-0.2, 0) is 9.47 Å². The average molecular weight is 290 g/mol. The van der Waals surface area contributed by atoms with Gasteiger partial charge in [-0.05, 0) is 20.1 Å². The first-order valence-corrected chi connectivity index (χ1v) is 7.34. The van der Waals surface area contributed by atoms with Gasteiger partial charge >= 0.3 is 11.9 Å². The molecule has 0 aromatic carbocycles. The Morgan fingerprint density at radius 1 is 1.22 bits per heavy atom. The van der Waals surface area contributed by atoms with Gasteiger partial charge in [0.15, 0.2) is 10.6 Å². The molecule has 0 amide bonds. The first-order chi connectivity index (χ1) is 8.56. The zero-order chi connectivity index (χ0) is 13.7. The molecule has 1 aromatic heterocycles. The van der Waals surface area contributed by atoms with E-state index in [-0.39, 0.29) is 29.4 Å². The number of aromatic hydroxyl groups is 1. The standard InChI is InChI=1S/C11H14O5S2/c1-4-15-9(13)6-7(12)8(10(14)16-5-2)18-11(6)17-3/h12H,4-5H2,1-3H3. The molecule has 7 heteroatoms. The molecule has 0 saturated heterocycles. The van der Waals surface area contributed by atoms with Gasteiger partial charge in [0.2, 0.25) is 0 Å². The molecule has 1 rings (SSSR count). The second-order valence-electron chi connectivity index (χ2n) is 3.09. The van der Waals surface area contributed by atoms with Crippen LogP contribution in [0, 0.1) is 0 Å². The lowest BCUT2D eigenvalue weighted by Crippen LogP contribution is -2.06. The molecule has 0 unspecified atom stereocenters. The van der Waals surface area contributed by atoms with Crippen molar-refractivity contribution in [3.8, 4) is 5.75 Å². The highest BCUT2D eigenvalue weighted by atomic mass is 32.2. The summed E-state index contributed by atoms with van der Waals surface area (Å²) in [4.78, 5) is 23.3. The summed E-state index contributed by atoms with van der Waals surface area (Å²) in [5, 5.41) is 9.93. The molecule has 0 aliphatic carbocycles. The van der Waals surface area contributed by atoms with Gasteiger partial charge in [0.1, 0.15) is 5.56 Å². The van der Waals surface area contributed by atoms with Crippen molar-refractivity contribution in [2.45, 2.75) is 18.1 Å². The van der Waals surface area contributed by atoms with Crippen molar-refractivity contribution in [2.75, 3.05) is 19.5 Å². The second-order valence-corrected chi connectivity index (χ2v) is 5.18. The Kier molecular flexibility index (Phi) is 5.49. The summed E-state index contributed by atoms with van der Waals surface area (Å²) in [6, 6.07) is 0. The number of hydrogen-bond acceptors (Lipinski definition) is 7. The zero-order valence-corrected chi connectivity index (χ0v) is 11.9. The maximum Gasteiger partial charge on any atom is 0.352 e. The predicted molar refractivity (Wildman–Crippen MR) is 69.7 cm³/mol. The predicted octanol–water partition coefficient (Wildman–Crippen LogP) is 2.53. The van der Waals surface area contributed by atoms with E-state index >= 15 is 0 Å². The van der Waals surface area contributed by atoms with Crippen LogP contribution in [0.2, 0.25) is 0 Å². The number of rotatable bonds is 5. The van der Waals surface area contributed by atoms with Gasteiger partial charge in [-0.25, -0.2) is 9.59 Å². The van der Waals surface area contributed by atoms with E-state index in [9.17, 15) is 14.7 Å². The minimum atomic E-state index is -0.633. The first-order valence-electron chi connectivity index (χ1n) is 5.30. The van der Waals surface area contributed by atoms with Crippen molar-refractivity contribution < 1.29 is 24.2 Å². The summed E-state index contributed by atoms with van der Waals surface area (Å²) in [6.45, 7) is 3.76. The lowest BCUT2D eigenvalue weighted by atomic mass is 10.3. The highest BCUT2D eigenvalue weighted by molar-refractivity contribution is 8.00. The van der Waals surface area contributed by atoms with Crippen LogP contribution in [-0.4, -0.2) is 36.5 Å². The summed E-state index contributed by atoms with van der Waals surface area (Å²) >= 11 is 2.30. The van der Waals surface area contributed by atoms with Crippen LogP contribution in [0.5, 0.6) is 5.75 Å². The molecule has 0 bridgehead atoms. The van der Waals surface area contributed by atoms with Gasteiger partial charge in [-0.1, -0.05) is 0 Å². The van der Waals surface area contributed by atoms with E-state index in [1.54, 1.807) is 20.1 Å². The molecule has 0 aliphatic heterocycles. The smallest absolute Gasteiger partial charge is 0.352 e. The highest BCUT2D eigenvalue weighted by Crippen LogP contribution is 2.40. The van der Waals surface area contributed by atoms with E-state index in [0.29, 0.717) is 4.21 Å². The molecule has 0 atom stereocenters. The Balaban J connectivity index is 3.18. The molecule has 1 aromatic rings. The number of hydrogen-bond donors (Lipinski definition) is 1. The van der Waals surface area contributed by atoms with Crippen molar-refractivity contribution in [1.82, 2.24) is 0 Å². The molecule has 100 valence electrons. The Bertz CT molecular complexity index is 453. The van der Waals surface area contributed by atoms with Crippen molar-refractivity contribution in [1.29, 1.82) is 0 Å². The molecule has 1 N–H and O–H groups in total. The minimum absolute atomic E-state index is 0.0317. The number of thioether (sulfide) groups is 1. The fraction of sp³-hybridized carbons (Fsp3) is 0.455. The van der Waals surface area contributed by atoms with Gasteiger partial charge in [0.25, 0.3) is 0 Å². The Labute approximate surface area is 113 Å². The van der Waals surface area contributed by atoms with Gasteiger partial charge < -0.3 is 14.6 Å². The third-order valence-electron chi connectivity index (χ3n) is 1.98. The monoisotopic (exact) mass is 290 g/mol. The average Bonchev–Trinajstić information content (AvgIpc) is 2.67. The molecule has 5 nitrogen and oxygen atoms in total. The van der Waals surface area contributed by atoms with Crippen LogP contribution < -0.4 is 0 Å². The summed E-state index contributed by atoms with van der Waals surface area (Å²) in [6.07, 6.45) is 1.75. The first kappa shape index (κ1) is 14.8. The highest BCUT2D eigenvalue weighted by Gasteiger charge is 2.28. The molecular weight excluding hydrogens is 276 g/mol. The fourth-order valence-electron chi connectivity index (χ4n) is 1.26. The SMILES string of the molecule is CCOC(=O)c1sc(SC)c(C(=O)OCC)c1O. The van der Waals surface area contributed by atoms with Gasteiger partial charge in [-0.3, -0.25) is 0 Å². The Hall–Kier alpha value is -1.21. The molecule has 0 saturated carbocycles. The molecule has 0 radical (unpaired) electrons. The van der Waals surface area contributed by atoms with Gasteiger partial charge in [-0.2, -0.15) is 0 Å². The van der Waals surface area contributed by atoms with E-state index in [1.165, 1.54) is 11.8 Å². The van der Waals surface area contributed by atoms with Gasteiger partial charge in [-0.15, -0.1) is 23.1 Å². The number of ether oxygens (including phenoxy) is 2. The number of thiophene rings is 1. The van der Waals surface area contributed by atoms with E-state index in [2.05, 4.69) is 0 Å². The van der Waals surface area contributed by atoms with Crippen LogP contribution in [0.15, 0.2) is 4.21 Å². The van der Waals surface area contributed by atoms with E-state index in [4.69, 9.17) is 9.47 Å². The summed E-state index contributed by atoms with van der Waals surface area (Å²) < 4.78 is 10.2. The van der Waals surface area contributed by atoms with Crippen molar-refractivity contribution in [2.24, 2.45) is 0 Å². The van der Waals surface area contributed by atoms with Gasteiger partial charge in [0.05, 0.1) is 17.4 Å². The third kappa shape index (κ3) is 2.97. The van der Waals surface area contributed by atoms with Crippen molar-refractivity contribution in [3.05, 3.63) is 10.4 Å². The largest absolute Gasteiger partial charge is 0.505 e. The lowest BCUT2D eigenvalue weighted by molar-refractivity contribution is 0.0520. The van der Waals surface area contributed by atoms with E-state index in [0.717, 1.165) is 11.3 Å². The third-order valence-corrected chi connectivity index (χ3v) is 4.26. The summed E-state index contributed by atoms with van der Waals surface area (Å²) in [5.41, 5.74) is 0.0393. The fourth-order valence-corrected chi connectivity index (χ4v) is 3.04. The maximum atomic E-state index is 11.7. The normalized spacial score (nSPS) is 10.2. The summed E-state index contributed by atoms with van der Waals surface area (Å²) in [7, 11) is 0. The maximum absolute atomic E-state index is 11.7. The Morgan fingerprint density at radius 2 is 1.78 bits per heavy atom. The lowest BCUT2D eigenvalue weighted by Gasteiger charge is -2.02. The van der Waals surface area contributed by atoms with Crippen LogP contribution >= 0.6 is 23.1 Å². The quantitative estimate of drug-likeness (QED) is 0.663. The molecule has 0 spiro atoms. The molecule has 1 heterocycles. The van der Waals surface area contributed by atoms with Crippen LogP contribution in [0.3, 0.4) is 0 Å². The topological polar surface area (TPSA) is 72.8 Å². The molecular formula is C11H14O5S2. The van der Waals surface area contributed by atoms with Crippen molar-refractivity contribution in [3.63, 3.8) is 0 Å². The summed E-state index contributed by atoms with van der Waals surface area (Å²) in [5.74, 6) is -1.63. The van der Waals surface area contributed by atoms with E-state index < -0.39 is 11.9 Å². The van der Waals surface area contributed by atoms with Crippen LogP contribution in [0.25, 0.3) is 0 Å². The van der Waals surface area contributed by atoms with Crippen LogP contribution in [0.4, 0.5) is 0 Å². The zero-order valence-electron chi connectivity index (χ0n) is 10.3. The van der Waals surface area contributed by atoms with Gasteiger partial charge in [0, 0.05) is 0 Å². The molecule has 18 heavy (non-hydrogen) atoms.